The van der Waals surface area contributed by atoms with Gasteiger partial charge in [0.25, 0.3) is 0 Å². The maximum atomic E-state index is 12.5. The number of carbonyl (C=O) groups is 2. The minimum absolute atomic E-state index is 0.0970. The number of ether oxygens (including phenoxy) is 2. The van der Waals surface area contributed by atoms with Gasteiger partial charge in [-0.2, -0.15) is 5.26 Å². The van der Waals surface area contributed by atoms with Crippen LogP contribution in [0, 0.1) is 16.7 Å². The highest BCUT2D eigenvalue weighted by molar-refractivity contribution is 6.01. The molecule has 0 spiro atoms. The SMILES string of the molecule is C=C(C#N)C(c1ccccc1)C(C)(C(=O)OCC)C(=O)OCC. The molecule has 5 heteroatoms. The molecule has 122 valence electrons. The van der Waals surface area contributed by atoms with E-state index in [1.54, 1.807) is 38.1 Å². The molecule has 0 bridgehead atoms. The van der Waals surface area contributed by atoms with Crippen LogP contribution in [0.2, 0.25) is 0 Å². The molecule has 0 saturated carbocycles. The largest absolute Gasteiger partial charge is 0.465 e. The summed E-state index contributed by atoms with van der Waals surface area (Å²) in [6.45, 7) is 8.70. The van der Waals surface area contributed by atoms with Crippen LogP contribution in [0.15, 0.2) is 42.5 Å². The van der Waals surface area contributed by atoms with E-state index < -0.39 is 23.3 Å². The lowest BCUT2D eigenvalue weighted by atomic mass is 9.70. The summed E-state index contributed by atoms with van der Waals surface area (Å²) in [4.78, 5) is 25.1. The minimum atomic E-state index is -1.68. The van der Waals surface area contributed by atoms with E-state index in [2.05, 4.69) is 6.58 Å². The second-order valence-corrected chi connectivity index (χ2v) is 5.12. The lowest BCUT2D eigenvalue weighted by molar-refractivity contribution is -0.171. The van der Waals surface area contributed by atoms with Gasteiger partial charge in [-0.25, -0.2) is 0 Å². The zero-order chi connectivity index (χ0) is 17.5. The Hall–Kier alpha value is -2.61. The second-order valence-electron chi connectivity index (χ2n) is 5.12. The van der Waals surface area contributed by atoms with E-state index in [-0.39, 0.29) is 18.8 Å². The fraction of sp³-hybridized carbons (Fsp3) is 0.389. The van der Waals surface area contributed by atoms with E-state index in [0.717, 1.165) is 0 Å². The van der Waals surface area contributed by atoms with Gasteiger partial charge in [-0.1, -0.05) is 36.9 Å². The summed E-state index contributed by atoms with van der Waals surface area (Å²) in [5, 5.41) is 9.30. The zero-order valence-electron chi connectivity index (χ0n) is 13.7. The number of rotatable bonds is 7. The molecular weight excluding hydrogens is 294 g/mol. The molecule has 0 radical (unpaired) electrons. The Bertz CT molecular complexity index is 598. The molecule has 5 nitrogen and oxygen atoms in total. The van der Waals surface area contributed by atoms with E-state index in [9.17, 15) is 14.9 Å². The Morgan fingerprint density at radius 3 is 2.04 bits per heavy atom. The summed E-state index contributed by atoms with van der Waals surface area (Å²) in [5.74, 6) is -2.32. The quantitative estimate of drug-likeness (QED) is 0.439. The second kappa shape index (κ2) is 8.14. The van der Waals surface area contributed by atoms with Crippen LogP contribution in [0.4, 0.5) is 0 Å². The van der Waals surface area contributed by atoms with E-state index >= 15 is 0 Å². The van der Waals surface area contributed by atoms with Gasteiger partial charge in [0.1, 0.15) is 0 Å². The molecule has 1 aromatic rings. The summed E-state index contributed by atoms with van der Waals surface area (Å²) in [6, 6.07) is 10.8. The Morgan fingerprint density at radius 1 is 1.17 bits per heavy atom. The molecule has 1 unspecified atom stereocenters. The monoisotopic (exact) mass is 315 g/mol. The first kappa shape index (κ1) is 18.4. The van der Waals surface area contributed by atoms with Crippen LogP contribution < -0.4 is 0 Å². The third-order valence-corrected chi connectivity index (χ3v) is 3.60. The van der Waals surface area contributed by atoms with Crippen molar-refractivity contribution < 1.29 is 19.1 Å². The fourth-order valence-electron chi connectivity index (χ4n) is 2.47. The first-order valence-electron chi connectivity index (χ1n) is 7.41. The maximum absolute atomic E-state index is 12.5. The summed E-state index contributed by atoms with van der Waals surface area (Å²) in [5.41, 5.74) is -0.956. The van der Waals surface area contributed by atoms with E-state index in [4.69, 9.17) is 9.47 Å². The molecule has 1 rings (SSSR count). The first-order valence-corrected chi connectivity index (χ1v) is 7.41. The van der Waals surface area contributed by atoms with Crippen LogP contribution in [0.1, 0.15) is 32.3 Å². The number of nitrogens with zero attached hydrogens (tertiary/aromatic N) is 1. The maximum Gasteiger partial charge on any atom is 0.324 e. The number of hydrogen-bond donors (Lipinski definition) is 0. The Labute approximate surface area is 136 Å². The fourth-order valence-corrected chi connectivity index (χ4v) is 2.47. The van der Waals surface area contributed by atoms with Crippen LogP contribution >= 0.6 is 0 Å². The molecule has 23 heavy (non-hydrogen) atoms. The smallest absolute Gasteiger partial charge is 0.324 e. The number of allylic oxidation sites excluding steroid dienone is 1. The number of benzene rings is 1. The van der Waals surface area contributed by atoms with Gasteiger partial charge in [-0.05, 0) is 26.3 Å². The number of hydrogen-bond acceptors (Lipinski definition) is 5. The molecule has 0 aliphatic carbocycles. The average Bonchev–Trinajstić information content (AvgIpc) is 2.56. The van der Waals surface area contributed by atoms with Crippen molar-refractivity contribution in [2.24, 2.45) is 5.41 Å². The van der Waals surface area contributed by atoms with Gasteiger partial charge in [-0.15, -0.1) is 0 Å². The molecule has 1 atom stereocenters. The van der Waals surface area contributed by atoms with Crippen molar-refractivity contribution in [2.45, 2.75) is 26.7 Å². The lowest BCUT2D eigenvalue weighted by Crippen LogP contribution is -2.45. The van der Waals surface area contributed by atoms with Gasteiger partial charge >= 0.3 is 11.9 Å². The molecule has 1 aromatic carbocycles. The summed E-state index contributed by atoms with van der Waals surface area (Å²) < 4.78 is 10.2. The van der Waals surface area contributed by atoms with Gasteiger partial charge in [0, 0.05) is 11.5 Å². The molecule has 0 N–H and O–H groups in total. The third kappa shape index (κ3) is 3.78. The van der Waals surface area contributed by atoms with Crippen LogP contribution in [-0.2, 0) is 19.1 Å². The molecule has 0 heterocycles. The lowest BCUT2D eigenvalue weighted by Gasteiger charge is -2.33. The zero-order valence-corrected chi connectivity index (χ0v) is 13.7. The van der Waals surface area contributed by atoms with Crippen molar-refractivity contribution in [1.29, 1.82) is 5.26 Å². The van der Waals surface area contributed by atoms with Crippen molar-refractivity contribution >= 4 is 11.9 Å². The van der Waals surface area contributed by atoms with Crippen molar-refractivity contribution in [2.75, 3.05) is 13.2 Å². The highest BCUT2D eigenvalue weighted by Gasteiger charge is 2.52. The highest BCUT2D eigenvalue weighted by atomic mass is 16.6. The van der Waals surface area contributed by atoms with Crippen molar-refractivity contribution in [3.63, 3.8) is 0 Å². The van der Waals surface area contributed by atoms with E-state index in [1.807, 2.05) is 12.1 Å². The van der Waals surface area contributed by atoms with Gasteiger partial charge in [0.05, 0.1) is 19.3 Å². The van der Waals surface area contributed by atoms with Gasteiger partial charge in [-0.3, -0.25) is 9.59 Å². The molecule has 0 amide bonds. The summed E-state index contributed by atoms with van der Waals surface area (Å²) in [6.07, 6.45) is 0. The van der Waals surface area contributed by atoms with Crippen LogP contribution in [-0.4, -0.2) is 25.2 Å². The molecule has 0 aromatic heterocycles. The van der Waals surface area contributed by atoms with Gasteiger partial charge < -0.3 is 9.47 Å². The Morgan fingerprint density at radius 2 is 1.65 bits per heavy atom. The summed E-state index contributed by atoms with van der Waals surface area (Å²) in [7, 11) is 0. The first-order chi connectivity index (χ1) is 10.9. The van der Waals surface area contributed by atoms with E-state index in [0.29, 0.717) is 5.56 Å². The minimum Gasteiger partial charge on any atom is -0.465 e. The van der Waals surface area contributed by atoms with Crippen LogP contribution in [0.3, 0.4) is 0 Å². The Kier molecular flexibility index (Phi) is 6.52. The third-order valence-electron chi connectivity index (χ3n) is 3.60. The van der Waals surface area contributed by atoms with Crippen molar-refractivity contribution in [3.8, 4) is 6.07 Å². The van der Waals surface area contributed by atoms with Crippen molar-refractivity contribution in [1.82, 2.24) is 0 Å². The number of carbonyl (C=O) groups excluding carboxylic acids is 2. The average molecular weight is 315 g/mol. The molecule has 0 aliphatic heterocycles. The summed E-state index contributed by atoms with van der Waals surface area (Å²) >= 11 is 0. The number of esters is 2. The molecular formula is C18H21NO4. The highest BCUT2D eigenvalue weighted by Crippen LogP contribution is 2.42. The number of nitriles is 1. The topological polar surface area (TPSA) is 76.4 Å². The normalized spacial score (nSPS) is 11.9. The van der Waals surface area contributed by atoms with E-state index in [1.165, 1.54) is 6.92 Å². The molecule has 0 saturated heterocycles. The Balaban J connectivity index is 3.50. The van der Waals surface area contributed by atoms with Crippen LogP contribution in [0.5, 0.6) is 0 Å². The van der Waals surface area contributed by atoms with Gasteiger partial charge in [0.2, 0.25) is 0 Å². The van der Waals surface area contributed by atoms with Crippen molar-refractivity contribution in [3.05, 3.63) is 48.0 Å². The standard InChI is InChI=1S/C18H21NO4/c1-5-22-16(20)18(4,17(21)23-6-2)15(13(3)12-19)14-10-8-7-9-11-14/h7-11,15H,3,5-6H2,1-2,4H3. The molecule has 0 fully saturated rings. The van der Waals surface area contributed by atoms with Crippen LogP contribution in [0.25, 0.3) is 0 Å². The predicted octanol–water partition coefficient (Wildman–Crippen LogP) is 2.98. The predicted molar refractivity (Wildman–Crippen MR) is 85.3 cm³/mol. The molecule has 0 aliphatic rings. The van der Waals surface area contributed by atoms with Gasteiger partial charge in [0.15, 0.2) is 5.41 Å².